The van der Waals surface area contributed by atoms with E-state index in [0.29, 0.717) is 56.3 Å². The number of amidine groups is 2. The molecule has 20 heteroatoms. The number of carbonyl (C=O) groups is 7. The zero-order valence-corrected chi connectivity index (χ0v) is 52.4. The molecule has 4 aromatic rings. The van der Waals surface area contributed by atoms with Gasteiger partial charge in [0.1, 0.15) is 23.3 Å². The van der Waals surface area contributed by atoms with Gasteiger partial charge in [-0.25, -0.2) is 14.4 Å². The van der Waals surface area contributed by atoms with Gasteiger partial charge in [-0.3, -0.25) is 33.8 Å². The van der Waals surface area contributed by atoms with Crippen molar-refractivity contribution in [2.75, 3.05) is 19.7 Å². The molecule has 2 heterocycles. The summed E-state index contributed by atoms with van der Waals surface area (Å²) < 4.78 is 16.4. The minimum Gasteiger partial charge on any atom is -0.444 e. The number of hydrogen-bond donors (Lipinski definition) is 5. The number of Topliss-reactive ketones (excluding diaryl/α,β-unsaturated/α-hetero) is 2. The van der Waals surface area contributed by atoms with Crippen molar-refractivity contribution >= 4 is 53.4 Å². The van der Waals surface area contributed by atoms with E-state index in [4.69, 9.17) is 35.7 Å². The number of amides is 4. The molecule has 0 spiro atoms. The Morgan fingerprint density at radius 3 is 1.41 bits per heavy atom. The molecule has 4 aromatic carbocycles. The molecule has 472 valence electrons. The molecular weight excluding hydrogens is 1110 g/mol. The Morgan fingerprint density at radius 2 is 1.03 bits per heavy atom. The van der Waals surface area contributed by atoms with E-state index in [1.165, 1.54) is 9.80 Å². The summed E-state index contributed by atoms with van der Waals surface area (Å²) in [6, 6.07) is 31.1. The number of oxime groups is 2. The number of aryl methyl sites for hydroxylation is 2. The van der Waals surface area contributed by atoms with E-state index in [1.54, 1.807) is 79.7 Å². The van der Waals surface area contributed by atoms with E-state index >= 15 is 0 Å². The lowest BCUT2D eigenvalue weighted by atomic mass is 9.85. The van der Waals surface area contributed by atoms with Crippen molar-refractivity contribution in [2.24, 2.45) is 27.7 Å². The number of likely N-dealkylation sites (tertiary alicyclic amines) is 2. The van der Waals surface area contributed by atoms with Crippen molar-refractivity contribution in [1.82, 2.24) is 20.4 Å². The summed E-state index contributed by atoms with van der Waals surface area (Å²) in [5, 5.41) is 21.2. The summed E-state index contributed by atoms with van der Waals surface area (Å²) >= 11 is 0. The molecule has 0 radical (unpaired) electrons. The van der Waals surface area contributed by atoms with E-state index in [1.807, 2.05) is 84.9 Å². The van der Waals surface area contributed by atoms with Crippen molar-refractivity contribution in [1.29, 1.82) is 0 Å². The third kappa shape index (κ3) is 22.8. The quantitative estimate of drug-likeness (QED) is 0.00878. The Kier molecular flexibility index (Phi) is 26.8. The highest BCUT2D eigenvalue weighted by Gasteiger charge is 2.41. The summed E-state index contributed by atoms with van der Waals surface area (Å²) in [4.78, 5) is 98.8. The molecule has 0 aliphatic carbocycles. The molecule has 2 aliphatic rings. The van der Waals surface area contributed by atoms with Gasteiger partial charge >= 0.3 is 18.3 Å². The van der Waals surface area contributed by atoms with Crippen LogP contribution in [0, 0.1) is 5.92 Å². The highest BCUT2D eigenvalue weighted by Crippen LogP contribution is 2.34. The van der Waals surface area contributed by atoms with Crippen molar-refractivity contribution in [3.8, 4) is 0 Å². The smallest absolute Gasteiger partial charge is 0.444 e. The first kappa shape index (κ1) is 69.5. The lowest BCUT2D eigenvalue weighted by Gasteiger charge is -2.39. The topological polar surface area (TPSA) is 284 Å². The molecular formula is C67H92N8O12. The number of piperidine rings is 2. The van der Waals surface area contributed by atoms with Gasteiger partial charge in [0, 0.05) is 37.1 Å². The molecule has 1 unspecified atom stereocenters. The number of nitrogens with one attached hydrogen (secondary N) is 2. The number of carbonyl (C=O) groups excluding carboxylic acids is 7. The standard InChI is InChI=1S/C38H54N4O7.C29H38N4O5/c1-7-9-13-27(8-2)25-47-37(46)49-41-34(39)30-19-16-28(17-20-30)18-21-33(43)26(3)40-35(44)32-24-31(29-14-11-10-12-15-29)22-23-42(32)36(45)48-38(4,5)6;1-19(25(34)15-12-20-10-13-22(14-11-20)26(30)32-37)31-27(35)24-18-23(21-8-6-5-7-9-21)16-17-33(24)28(36)38-29(2,3)4/h10-12,14-17,19-20,26-27,31-32H,7-9,13,18,21-25H2,1-6H3,(H2,39,41)(H,40,44);5-11,13-14,19,23-24,37H,12,15-18H2,1-4H3,(H2,30,32)(H,31,35)/t26-,27?,31-,32+;19-,23-,24+/m00/s1. The molecule has 0 saturated carbocycles. The molecule has 7 N–H and O–H groups in total. The lowest BCUT2D eigenvalue weighted by molar-refractivity contribution is -0.132. The fourth-order valence-corrected chi connectivity index (χ4v) is 10.3. The summed E-state index contributed by atoms with van der Waals surface area (Å²) in [5.74, 6) is -0.454. The van der Waals surface area contributed by atoms with Crippen molar-refractivity contribution in [3.63, 3.8) is 0 Å². The van der Waals surface area contributed by atoms with Gasteiger partial charge in [0.25, 0.3) is 0 Å². The Labute approximate surface area is 513 Å². The fraction of sp³-hybridized carbons (Fsp3) is 0.507. The first-order valence-electron chi connectivity index (χ1n) is 30.4. The van der Waals surface area contributed by atoms with Crippen LogP contribution in [0.15, 0.2) is 120 Å². The molecule has 4 amide bonds. The molecule has 2 aliphatic heterocycles. The van der Waals surface area contributed by atoms with Crippen LogP contribution in [0.4, 0.5) is 14.4 Å². The number of nitrogens with zero attached hydrogens (tertiary/aromatic N) is 4. The predicted octanol–water partition coefficient (Wildman–Crippen LogP) is 10.8. The van der Waals surface area contributed by atoms with Crippen molar-refractivity contribution in [2.45, 2.75) is 193 Å². The van der Waals surface area contributed by atoms with Gasteiger partial charge in [-0.2, -0.15) is 0 Å². The SMILES string of the molecule is CCCCC(CC)COC(=O)O/N=C(\N)c1ccc(CCC(=O)[C@H](C)NC(=O)[C@H]2C[C@@H](c3ccccc3)CCN2C(=O)OC(C)(C)C)cc1.C[C@H](NC(=O)[C@H]1C[C@@H](c2ccccc2)CCN1C(=O)OC(C)(C)C)C(=O)CCc1ccc(/C(N)=N/O)cc1. The van der Waals surface area contributed by atoms with Crippen LogP contribution < -0.4 is 22.1 Å². The normalized spacial score (nSPS) is 18.3. The maximum atomic E-state index is 13.6. The van der Waals surface area contributed by atoms with Crippen LogP contribution in [0.2, 0.25) is 0 Å². The van der Waals surface area contributed by atoms with Gasteiger partial charge in [-0.05, 0) is 140 Å². The van der Waals surface area contributed by atoms with Crippen LogP contribution in [0.3, 0.4) is 0 Å². The Bertz CT molecular complexity index is 2940. The molecule has 0 aromatic heterocycles. The second-order valence-electron chi connectivity index (χ2n) is 24.5. The van der Waals surface area contributed by atoms with E-state index in [9.17, 15) is 33.6 Å². The van der Waals surface area contributed by atoms with E-state index in [-0.39, 0.29) is 72.3 Å². The molecule has 87 heavy (non-hydrogen) atoms. The van der Waals surface area contributed by atoms with Gasteiger partial charge in [0.2, 0.25) is 11.8 Å². The van der Waals surface area contributed by atoms with Crippen LogP contribution in [0.25, 0.3) is 0 Å². The van der Waals surface area contributed by atoms with Gasteiger partial charge in [0.15, 0.2) is 23.2 Å². The molecule has 7 atom stereocenters. The Hall–Kier alpha value is -8.29. The summed E-state index contributed by atoms with van der Waals surface area (Å²) in [6.45, 7) is 19.3. The molecule has 20 nitrogen and oxygen atoms in total. The second kappa shape index (κ2) is 33.6. The molecule has 6 rings (SSSR count). The first-order chi connectivity index (χ1) is 41.3. The van der Waals surface area contributed by atoms with E-state index in [0.717, 1.165) is 54.4 Å². The number of ketones is 2. The Balaban J connectivity index is 0.000000327. The first-order valence-corrected chi connectivity index (χ1v) is 30.4. The zero-order chi connectivity index (χ0) is 63.8. The number of unbranched alkanes of at least 4 members (excludes halogenated alkanes) is 1. The van der Waals surface area contributed by atoms with Crippen molar-refractivity contribution in [3.05, 3.63) is 143 Å². The molecule has 2 fully saturated rings. The average Bonchev–Trinajstić information content (AvgIpc) is 1.90. The fourth-order valence-electron chi connectivity index (χ4n) is 10.3. The zero-order valence-electron chi connectivity index (χ0n) is 52.4. The number of benzene rings is 4. The lowest BCUT2D eigenvalue weighted by Crippen LogP contribution is -2.56. The van der Waals surface area contributed by atoms with Crippen LogP contribution >= 0.6 is 0 Å². The summed E-state index contributed by atoms with van der Waals surface area (Å²) in [6.07, 6.45) is 5.76. The summed E-state index contributed by atoms with van der Waals surface area (Å²) in [5.41, 5.74) is 15.4. The number of ether oxygens (including phenoxy) is 3. The van der Waals surface area contributed by atoms with Gasteiger partial charge < -0.3 is 41.5 Å². The van der Waals surface area contributed by atoms with Crippen molar-refractivity contribution < 1.29 is 57.8 Å². The average molecular weight is 1200 g/mol. The van der Waals surface area contributed by atoms with Gasteiger partial charge in [-0.15, -0.1) is 0 Å². The number of nitrogens with two attached hydrogens (primary N) is 2. The molecule has 0 bridgehead atoms. The highest BCUT2D eigenvalue weighted by atomic mass is 16.8. The van der Waals surface area contributed by atoms with Crippen LogP contribution in [0.5, 0.6) is 0 Å². The van der Waals surface area contributed by atoms with Crippen LogP contribution in [-0.2, 0) is 51.1 Å². The second-order valence-corrected chi connectivity index (χ2v) is 24.5. The van der Waals surface area contributed by atoms with E-state index < -0.39 is 53.7 Å². The minimum absolute atomic E-state index is 0.0154. The number of rotatable bonds is 23. The number of hydrogen-bond acceptors (Lipinski definition) is 14. The third-order valence-electron chi connectivity index (χ3n) is 15.4. The maximum Gasteiger partial charge on any atom is 0.535 e. The van der Waals surface area contributed by atoms with Crippen LogP contribution in [0.1, 0.15) is 179 Å². The monoisotopic (exact) mass is 1200 g/mol. The summed E-state index contributed by atoms with van der Waals surface area (Å²) in [7, 11) is 0. The van der Waals surface area contributed by atoms with Gasteiger partial charge in [0.05, 0.1) is 18.7 Å². The predicted molar refractivity (Wildman–Crippen MR) is 334 cm³/mol. The molecule has 2 saturated heterocycles. The largest absolute Gasteiger partial charge is 0.535 e. The highest BCUT2D eigenvalue weighted by molar-refractivity contribution is 5.98. The van der Waals surface area contributed by atoms with Gasteiger partial charge in [-0.1, -0.05) is 153 Å². The van der Waals surface area contributed by atoms with Crippen LogP contribution in [-0.4, -0.2) is 123 Å². The minimum atomic E-state index is -0.897. The van der Waals surface area contributed by atoms with E-state index in [2.05, 4.69) is 34.8 Å². The maximum absolute atomic E-state index is 13.6. The Morgan fingerprint density at radius 1 is 0.621 bits per heavy atom. The third-order valence-corrected chi connectivity index (χ3v) is 15.4.